The van der Waals surface area contributed by atoms with Gasteiger partial charge in [-0.3, -0.25) is 5.84 Å². The van der Waals surface area contributed by atoms with E-state index in [1.807, 2.05) is 26.0 Å². The maximum Gasteiger partial charge on any atom is 0.120 e. The molecule has 3 N–H and O–H groups in total. The van der Waals surface area contributed by atoms with Crippen LogP contribution in [0.15, 0.2) is 24.3 Å². The number of aromatic nitrogens is 1. The van der Waals surface area contributed by atoms with Gasteiger partial charge in [-0.05, 0) is 44.4 Å². The van der Waals surface area contributed by atoms with Crippen LogP contribution in [0.3, 0.4) is 0 Å². The van der Waals surface area contributed by atoms with Gasteiger partial charge in [-0.1, -0.05) is 12.1 Å². The third kappa shape index (κ3) is 2.85. The second-order valence-electron chi connectivity index (χ2n) is 5.17. The largest absolute Gasteiger partial charge is 0.490 e. The summed E-state index contributed by atoms with van der Waals surface area (Å²) in [5.41, 5.74) is 5.04. The quantitative estimate of drug-likeness (QED) is 0.656. The van der Waals surface area contributed by atoms with Gasteiger partial charge in [-0.2, -0.15) is 0 Å². The summed E-state index contributed by atoms with van der Waals surface area (Å²) in [6, 6.07) is 8.11. The molecular formula is C15H19N3OS. The molecule has 1 aromatic heterocycles. The first-order chi connectivity index (χ1) is 9.67. The number of nitrogens with one attached hydrogen (secondary N) is 1. The van der Waals surface area contributed by atoms with Gasteiger partial charge in [0.05, 0.1) is 27.7 Å². The summed E-state index contributed by atoms with van der Waals surface area (Å²) in [7, 11) is 0. The lowest BCUT2D eigenvalue weighted by Crippen LogP contribution is -2.28. The van der Waals surface area contributed by atoms with Crippen molar-refractivity contribution in [2.24, 2.45) is 5.84 Å². The minimum atomic E-state index is -0.0380. The number of nitrogens with two attached hydrogens (primary N) is 1. The molecule has 0 saturated heterocycles. The van der Waals surface area contributed by atoms with Crippen molar-refractivity contribution in [3.8, 4) is 5.75 Å². The van der Waals surface area contributed by atoms with Crippen molar-refractivity contribution in [2.75, 3.05) is 0 Å². The fourth-order valence-electron chi connectivity index (χ4n) is 2.28. The van der Waals surface area contributed by atoms with Gasteiger partial charge in [-0.15, -0.1) is 11.3 Å². The highest BCUT2D eigenvalue weighted by Gasteiger charge is 2.24. The molecule has 1 heterocycles. The highest BCUT2D eigenvalue weighted by molar-refractivity contribution is 7.11. The van der Waals surface area contributed by atoms with E-state index in [0.29, 0.717) is 6.10 Å². The number of hydrazine groups is 1. The second-order valence-corrected chi connectivity index (χ2v) is 6.41. The predicted octanol–water partition coefficient (Wildman–Crippen LogP) is 2.85. The fraction of sp³-hybridized carbons (Fsp3) is 0.400. The normalized spacial score (nSPS) is 16.1. The first kappa shape index (κ1) is 13.5. The van der Waals surface area contributed by atoms with Gasteiger partial charge in [0.2, 0.25) is 0 Å². The Kier molecular flexibility index (Phi) is 3.74. The van der Waals surface area contributed by atoms with E-state index in [1.54, 1.807) is 11.3 Å². The number of benzene rings is 1. The lowest BCUT2D eigenvalue weighted by atomic mass is 10.0. The molecule has 1 fully saturated rings. The van der Waals surface area contributed by atoms with E-state index in [-0.39, 0.29) is 6.04 Å². The van der Waals surface area contributed by atoms with E-state index >= 15 is 0 Å². The summed E-state index contributed by atoms with van der Waals surface area (Å²) in [6.45, 7) is 4.04. The average Bonchev–Trinajstić information content (AvgIpc) is 3.16. The van der Waals surface area contributed by atoms with Crippen LogP contribution in [0.5, 0.6) is 5.75 Å². The molecule has 0 bridgehead atoms. The molecule has 1 unspecified atom stereocenters. The maximum absolute atomic E-state index is 5.85. The number of ether oxygens (including phenoxy) is 1. The molecular weight excluding hydrogens is 270 g/mol. The van der Waals surface area contributed by atoms with E-state index in [9.17, 15) is 0 Å². The topological polar surface area (TPSA) is 60.2 Å². The third-order valence-electron chi connectivity index (χ3n) is 3.39. The zero-order valence-corrected chi connectivity index (χ0v) is 12.5. The van der Waals surface area contributed by atoms with Gasteiger partial charge in [0, 0.05) is 0 Å². The molecule has 0 radical (unpaired) electrons. The van der Waals surface area contributed by atoms with Crippen LogP contribution in [0.2, 0.25) is 0 Å². The third-order valence-corrected chi connectivity index (χ3v) is 4.52. The highest BCUT2D eigenvalue weighted by atomic mass is 32.1. The number of aryl methyl sites for hydroxylation is 2. The van der Waals surface area contributed by atoms with Gasteiger partial charge in [0.25, 0.3) is 0 Å². The van der Waals surface area contributed by atoms with E-state index < -0.39 is 0 Å². The summed E-state index contributed by atoms with van der Waals surface area (Å²) in [5, 5.41) is 1.06. The van der Waals surface area contributed by atoms with Gasteiger partial charge >= 0.3 is 0 Å². The zero-order valence-electron chi connectivity index (χ0n) is 11.7. The van der Waals surface area contributed by atoms with Crippen molar-refractivity contribution >= 4 is 11.3 Å². The van der Waals surface area contributed by atoms with Crippen molar-refractivity contribution < 1.29 is 4.74 Å². The van der Waals surface area contributed by atoms with Crippen LogP contribution in [-0.4, -0.2) is 11.1 Å². The zero-order chi connectivity index (χ0) is 14.1. The standard InChI is InChI=1S/C15H19N3OS/c1-9-15(20-10(2)17-9)14(18-16)11-4-3-5-13(8-11)19-12-6-7-12/h3-5,8,12,14,18H,6-7,16H2,1-2H3. The Balaban J connectivity index is 1.90. The molecule has 1 atom stereocenters. The Hall–Kier alpha value is -1.43. The smallest absolute Gasteiger partial charge is 0.120 e. The van der Waals surface area contributed by atoms with Crippen LogP contribution >= 0.6 is 11.3 Å². The summed E-state index contributed by atoms with van der Waals surface area (Å²) >= 11 is 1.68. The maximum atomic E-state index is 5.85. The molecule has 20 heavy (non-hydrogen) atoms. The predicted molar refractivity (Wildman–Crippen MR) is 80.8 cm³/mol. The number of thiazole rings is 1. The molecule has 0 aliphatic heterocycles. The minimum Gasteiger partial charge on any atom is -0.490 e. The van der Waals surface area contributed by atoms with Crippen molar-refractivity contribution in [1.82, 2.24) is 10.4 Å². The molecule has 1 aliphatic rings. The number of hydrogen-bond acceptors (Lipinski definition) is 5. The van der Waals surface area contributed by atoms with E-state index in [4.69, 9.17) is 10.6 Å². The number of nitrogens with zero attached hydrogens (tertiary/aromatic N) is 1. The van der Waals surface area contributed by atoms with Crippen LogP contribution < -0.4 is 16.0 Å². The van der Waals surface area contributed by atoms with Gasteiger partial charge in [0.1, 0.15) is 5.75 Å². The van der Waals surface area contributed by atoms with E-state index in [2.05, 4.69) is 22.5 Å². The second kappa shape index (κ2) is 5.52. The number of hydrogen-bond donors (Lipinski definition) is 2. The molecule has 0 spiro atoms. The van der Waals surface area contributed by atoms with Crippen molar-refractivity contribution in [2.45, 2.75) is 38.8 Å². The molecule has 0 amide bonds. The lowest BCUT2D eigenvalue weighted by molar-refractivity contribution is 0.302. The average molecular weight is 289 g/mol. The summed E-state index contributed by atoms with van der Waals surface area (Å²) in [4.78, 5) is 5.64. The Morgan fingerprint density at radius 3 is 2.80 bits per heavy atom. The van der Waals surface area contributed by atoms with E-state index in [1.165, 1.54) is 0 Å². The molecule has 1 aromatic carbocycles. The van der Waals surface area contributed by atoms with E-state index in [0.717, 1.165) is 39.7 Å². The van der Waals surface area contributed by atoms with Crippen molar-refractivity contribution in [3.63, 3.8) is 0 Å². The Bertz CT molecular complexity index is 607. The van der Waals surface area contributed by atoms with Crippen molar-refractivity contribution in [3.05, 3.63) is 45.4 Å². The monoisotopic (exact) mass is 289 g/mol. The molecule has 3 rings (SSSR count). The van der Waals surface area contributed by atoms with Crippen LogP contribution in [0.25, 0.3) is 0 Å². The van der Waals surface area contributed by atoms with Gasteiger partial charge in [0.15, 0.2) is 0 Å². The lowest BCUT2D eigenvalue weighted by Gasteiger charge is -2.16. The van der Waals surface area contributed by atoms with Gasteiger partial charge in [-0.25, -0.2) is 10.4 Å². The Labute approximate surface area is 123 Å². The molecule has 5 heteroatoms. The van der Waals surface area contributed by atoms with Gasteiger partial charge < -0.3 is 4.74 Å². The Morgan fingerprint density at radius 1 is 1.40 bits per heavy atom. The minimum absolute atomic E-state index is 0.0380. The summed E-state index contributed by atoms with van der Waals surface area (Å²) < 4.78 is 5.85. The fourth-order valence-corrected chi connectivity index (χ4v) is 3.30. The SMILES string of the molecule is Cc1nc(C)c(C(NN)c2cccc(OC3CC3)c2)s1. The summed E-state index contributed by atoms with van der Waals surface area (Å²) in [6.07, 6.45) is 2.73. The number of rotatable bonds is 5. The van der Waals surface area contributed by atoms with Crippen LogP contribution in [0.1, 0.15) is 40.0 Å². The molecule has 1 aliphatic carbocycles. The summed E-state index contributed by atoms with van der Waals surface area (Å²) in [5.74, 6) is 6.69. The van der Waals surface area contributed by atoms with Crippen LogP contribution in [-0.2, 0) is 0 Å². The first-order valence-corrected chi connectivity index (χ1v) is 7.65. The first-order valence-electron chi connectivity index (χ1n) is 6.84. The van der Waals surface area contributed by atoms with Crippen LogP contribution in [0, 0.1) is 13.8 Å². The Morgan fingerprint density at radius 2 is 2.20 bits per heavy atom. The van der Waals surface area contributed by atoms with Crippen LogP contribution in [0.4, 0.5) is 0 Å². The molecule has 1 saturated carbocycles. The highest BCUT2D eigenvalue weighted by Crippen LogP contribution is 2.32. The molecule has 4 nitrogen and oxygen atoms in total. The molecule has 2 aromatic rings. The van der Waals surface area contributed by atoms with Crippen molar-refractivity contribution in [1.29, 1.82) is 0 Å². The molecule has 106 valence electrons.